The van der Waals surface area contributed by atoms with Crippen LogP contribution in [-0.2, 0) is 24.3 Å². The Balaban J connectivity index is 1.44. The zero-order valence-corrected chi connectivity index (χ0v) is 29.8. The number of carbonyl (C=O) groups is 3. The second-order valence-corrected chi connectivity index (χ2v) is 15.1. The molecule has 0 atom stereocenters. The Hall–Kier alpha value is -4.43. The maximum Gasteiger partial charge on any atom is 0.407 e. The molecule has 3 amide bonds. The van der Waals surface area contributed by atoms with E-state index in [1.807, 2.05) is 37.3 Å². The number of sulfonamides is 1. The normalized spacial score (nSPS) is 15.1. The average molecular weight is 697 g/mol. The summed E-state index contributed by atoms with van der Waals surface area (Å²) in [5.41, 5.74) is 8.95. The van der Waals surface area contributed by atoms with E-state index in [4.69, 9.17) is 15.2 Å². The largest absolute Gasteiger partial charge is 0.450 e. The summed E-state index contributed by atoms with van der Waals surface area (Å²) >= 11 is 0. The van der Waals surface area contributed by atoms with Crippen LogP contribution >= 0.6 is 0 Å². The Labute approximate surface area is 289 Å². The van der Waals surface area contributed by atoms with Crippen molar-refractivity contribution in [3.63, 3.8) is 0 Å². The lowest BCUT2D eigenvalue weighted by molar-refractivity contribution is -0.127. The first-order valence-electron chi connectivity index (χ1n) is 16.6. The highest BCUT2D eigenvalue weighted by Gasteiger charge is 2.37. The second kappa shape index (κ2) is 16.3. The molecule has 2 aromatic rings. The molecule has 1 fully saturated rings. The number of alkyl carbamates (subject to hydrolysis) is 2. The Bertz CT molecular complexity index is 1690. The maximum atomic E-state index is 13.6. The summed E-state index contributed by atoms with van der Waals surface area (Å²) < 4.78 is 38.4. The van der Waals surface area contributed by atoms with Crippen LogP contribution in [0.2, 0.25) is 0 Å². The molecule has 1 saturated heterocycles. The first-order valence-corrected chi connectivity index (χ1v) is 18.1. The monoisotopic (exact) mass is 696 g/mol. The van der Waals surface area contributed by atoms with E-state index in [-0.39, 0.29) is 23.1 Å². The Kier molecular flexibility index (Phi) is 12.4. The molecule has 0 bridgehead atoms. The lowest BCUT2D eigenvalue weighted by Crippen LogP contribution is -2.53. The second-order valence-electron chi connectivity index (χ2n) is 13.1. The fourth-order valence-electron chi connectivity index (χ4n) is 5.51. The van der Waals surface area contributed by atoms with Gasteiger partial charge in [0.05, 0.1) is 17.2 Å². The maximum absolute atomic E-state index is 13.6. The number of hydrogen-bond donors (Lipinski definition) is 3. The molecule has 4 rings (SSSR count). The molecule has 2 aromatic carbocycles. The molecule has 0 radical (unpaired) electrons. The summed E-state index contributed by atoms with van der Waals surface area (Å²) in [7, 11) is -3.75. The van der Waals surface area contributed by atoms with E-state index in [9.17, 15) is 22.8 Å². The molecule has 2 aliphatic heterocycles. The SMILES string of the molecule is CCCN(CCCNC(=O)OCC)C(=O)C1=Cc2ccc(-c3cccc(S(=O)(=O)N4CC(CNC(=O)OC(C)(C)C)C4)c3)cc2N=C(N)C1. The van der Waals surface area contributed by atoms with Gasteiger partial charge in [0, 0.05) is 62.7 Å². The molecule has 49 heavy (non-hydrogen) atoms. The molecule has 0 aliphatic carbocycles. The van der Waals surface area contributed by atoms with E-state index in [2.05, 4.69) is 15.6 Å². The third kappa shape index (κ3) is 10.3. The molecular formula is C35H48N6O7S. The third-order valence-corrected chi connectivity index (χ3v) is 9.69. The van der Waals surface area contributed by atoms with Crippen molar-refractivity contribution in [2.24, 2.45) is 16.6 Å². The molecule has 13 nitrogen and oxygen atoms in total. The van der Waals surface area contributed by atoms with Crippen LogP contribution in [0.4, 0.5) is 15.3 Å². The number of benzene rings is 2. The zero-order valence-electron chi connectivity index (χ0n) is 29.0. The molecule has 2 aliphatic rings. The summed E-state index contributed by atoms with van der Waals surface area (Å²) in [6, 6.07) is 12.3. The van der Waals surface area contributed by atoms with E-state index in [1.54, 1.807) is 50.8 Å². The quantitative estimate of drug-likeness (QED) is 0.254. The van der Waals surface area contributed by atoms with Crippen LogP contribution in [0.15, 0.2) is 57.9 Å². The predicted molar refractivity (Wildman–Crippen MR) is 189 cm³/mol. The molecule has 4 N–H and O–H groups in total. The summed E-state index contributed by atoms with van der Waals surface area (Å²) in [6.45, 7) is 11.7. The van der Waals surface area contributed by atoms with Crippen molar-refractivity contribution in [3.05, 3.63) is 53.6 Å². The van der Waals surface area contributed by atoms with Gasteiger partial charge in [-0.1, -0.05) is 31.2 Å². The molecule has 2 heterocycles. The minimum Gasteiger partial charge on any atom is -0.450 e. The van der Waals surface area contributed by atoms with Crippen molar-refractivity contribution in [2.45, 2.75) is 64.4 Å². The number of rotatable bonds is 13. The van der Waals surface area contributed by atoms with Gasteiger partial charge < -0.3 is 30.7 Å². The van der Waals surface area contributed by atoms with Crippen molar-refractivity contribution < 1.29 is 32.3 Å². The number of ether oxygens (including phenoxy) is 2. The number of fused-ring (bicyclic) bond motifs is 1. The lowest BCUT2D eigenvalue weighted by Gasteiger charge is -2.38. The Morgan fingerprint density at radius 2 is 1.76 bits per heavy atom. The number of aliphatic imine (C=N–C) groups is 1. The summed E-state index contributed by atoms with van der Waals surface area (Å²) in [5.74, 6) is 0.145. The highest BCUT2D eigenvalue weighted by molar-refractivity contribution is 7.89. The molecule has 0 unspecified atom stereocenters. The molecule has 0 aromatic heterocycles. The third-order valence-electron chi connectivity index (χ3n) is 7.86. The Morgan fingerprint density at radius 3 is 2.45 bits per heavy atom. The predicted octanol–water partition coefficient (Wildman–Crippen LogP) is 4.65. The van der Waals surface area contributed by atoms with Crippen LogP contribution < -0.4 is 16.4 Å². The summed E-state index contributed by atoms with van der Waals surface area (Å²) in [6.07, 6.45) is 2.32. The number of carbonyl (C=O) groups excluding carboxylic acids is 3. The number of amides is 3. The first kappa shape index (κ1) is 37.4. The number of hydrogen-bond acceptors (Lipinski definition) is 9. The van der Waals surface area contributed by atoms with Gasteiger partial charge in [-0.3, -0.25) is 4.79 Å². The highest BCUT2D eigenvalue weighted by atomic mass is 32.2. The van der Waals surface area contributed by atoms with Crippen LogP contribution in [0.5, 0.6) is 0 Å². The van der Waals surface area contributed by atoms with Crippen LogP contribution in [0, 0.1) is 5.92 Å². The van der Waals surface area contributed by atoms with Gasteiger partial charge in [0.2, 0.25) is 15.9 Å². The van der Waals surface area contributed by atoms with Crippen LogP contribution in [0.1, 0.15) is 59.4 Å². The fraction of sp³-hybridized carbons (Fsp3) is 0.486. The van der Waals surface area contributed by atoms with Gasteiger partial charge in [0.1, 0.15) is 11.4 Å². The van der Waals surface area contributed by atoms with Gasteiger partial charge in [-0.15, -0.1) is 0 Å². The van der Waals surface area contributed by atoms with Gasteiger partial charge in [-0.2, -0.15) is 4.31 Å². The van der Waals surface area contributed by atoms with Crippen molar-refractivity contribution in [3.8, 4) is 11.1 Å². The van der Waals surface area contributed by atoms with Crippen molar-refractivity contribution in [1.82, 2.24) is 19.8 Å². The van der Waals surface area contributed by atoms with Gasteiger partial charge in [-0.05, 0) is 75.9 Å². The van der Waals surface area contributed by atoms with Crippen LogP contribution in [0.25, 0.3) is 17.2 Å². The van der Waals surface area contributed by atoms with Gasteiger partial charge in [0.25, 0.3) is 0 Å². The lowest BCUT2D eigenvalue weighted by atomic mass is 10.0. The molecule has 14 heteroatoms. The molecular weight excluding hydrogens is 648 g/mol. The smallest absolute Gasteiger partial charge is 0.407 e. The summed E-state index contributed by atoms with van der Waals surface area (Å²) in [4.78, 5) is 43.7. The number of nitrogens with one attached hydrogen (secondary N) is 2. The van der Waals surface area contributed by atoms with E-state index in [0.29, 0.717) is 75.0 Å². The van der Waals surface area contributed by atoms with E-state index in [0.717, 1.165) is 17.5 Å². The molecule has 0 saturated carbocycles. The highest BCUT2D eigenvalue weighted by Crippen LogP contribution is 2.34. The zero-order chi connectivity index (χ0) is 35.8. The van der Waals surface area contributed by atoms with Gasteiger partial charge in [0.15, 0.2) is 0 Å². The van der Waals surface area contributed by atoms with Crippen molar-refractivity contribution in [2.75, 3.05) is 45.9 Å². The van der Waals surface area contributed by atoms with Gasteiger partial charge in [-0.25, -0.2) is 23.0 Å². The average Bonchev–Trinajstić information content (AvgIpc) is 3.18. The van der Waals surface area contributed by atoms with E-state index >= 15 is 0 Å². The first-order chi connectivity index (χ1) is 23.2. The van der Waals surface area contributed by atoms with Crippen LogP contribution in [0.3, 0.4) is 0 Å². The van der Waals surface area contributed by atoms with Crippen LogP contribution in [-0.4, -0.2) is 93.0 Å². The molecule has 0 spiro atoms. The summed E-state index contributed by atoms with van der Waals surface area (Å²) in [5, 5.41) is 5.39. The van der Waals surface area contributed by atoms with E-state index in [1.165, 1.54) is 4.31 Å². The number of nitrogens with zero attached hydrogens (tertiary/aromatic N) is 3. The fourth-order valence-corrected chi connectivity index (χ4v) is 7.15. The van der Waals surface area contributed by atoms with Gasteiger partial charge >= 0.3 is 12.2 Å². The Morgan fingerprint density at radius 1 is 1.02 bits per heavy atom. The number of amidine groups is 1. The minimum absolute atomic E-state index is 0.00871. The topological polar surface area (TPSA) is 173 Å². The minimum atomic E-state index is -3.75. The molecule has 266 valence electrons. The van der Waals surface area contributed by atoms with Crippen molar-refractivity contribution in [1.29, 1.82) is 0 Å². The number of nitrogens with two attached hydrogens (primary N) is 1. The van der Waals surface area contributed by atoms with Crippen molar-refractivity contribution >= 4 is 45.7 Å². The van der Waals surface area contributed by atoms with E-state index < -0.39 is 27.8 Å². The standard InChI is InChI=1S/C35H48N6O7S/c1-6-15-40(16-9-14-37-33(43)47-7-2)32(42)28-17-27-13-12-26(19-30(27)39-31(36)20-28)25-10-8-11-29(18-25)49(45,46)41-22-24(23-41)21-38-34(44)48-35(3,4)5/h8,10-13,17-19,24H,6-7,9,14-16,20-23H2,1-5H3,(H2,36,39)(H,37,43)(H,38,44).